The molecule has 1 aromatic carbocycles. The van der Waals surface area contributed by atoms with Crippen LogP contribution in [0.25, 0.3) is 11.4 Å². The lowest BCUT2D eigenvalue weighted by Gasteiger charge is -2.29. The van der Waals surface area contributed by atoms with Crippen LogP contribution in [0.2, 0.25) is 0 Å². The van der Waals surface area contributed by atoms with E-state index in [-0.39, 0.29) is 17.4 Å². The van der Waals surface area contributed by atoms with Gasteiger partial charge in [-0.1, -0.05) is 12.1 Å². The van der Waals surface area contributed by atoms with Crippen molar-refractivity contribution in [3.05, 3.63) is 46.4 Å². The number of nitrogens with zero attached hydrogens (tertiary/aromatic N) is 2. The molecule has 9 heteroatoms. The first kappa shape index (κ1) is 19.2. The second kappa shape index (κ2) is 7.61. The highest BCUT2D eigenvalue weighted by Crippen LogP contribution is 2.23. The number of aromatic amines is 1. The van der Waals surface area contributed by atoms with Gasteiger partial charge in [-0.2, -0.15) is 0 Å². The average Bonchev–Trinajstić information content (AvgIpc) is 2.60. The highest BCUT2D eigenvalue weighted by Gasteiger charge is 2.28. The molecular formula is C18H22N4O4S. The Morgan fingerprint density at radius 1 is 1.26 bits per heavy atom. The predicted octanol–water partition coefficient (Wildman–Crippen LogP) is 1.36. The van der Waals surface area contributed by atoms with E-state index in [0.29, 0.717) is 48.7 Å². The number of carbonyl (C=O) groups is 1. The molecule has 1 saturated heterocycles. The highest BCUT2D eigenvalue weighted by atomic mass is 32.2. The molecule has 0 aliphatic carbocycles. The minimum atomic E-state index is -3.21. The van der Waals surface area contributed by atoms with Crippen molar-refractivity contribution in [2.75, 3.05) is 24.7 Å². The van der Waals surface area contributed by atoms with Gasteiger partial charge in [0.1, 0.15) is 5.82 Å². The van der Waals surface area contributed by atoms with Crippen LogP contribution in [0.3, 0.4) is 0 Å². The molecule has 1 aliphatic rings. The summed E-state index contributed by atoms with van der Waals surface area (Å²) >= 11 is 0. The molecule has 0 spiro atoms. The normalized spacial score (nSPS) is 16.2. The smallest absolute Gasteiger partial charge is 0.251 e. The Labute approximate surface area is 157 Å². The first-order chi connectivity index (χ1) is 12.7. The molecule has 8 nitrogen and oxygen atoms in total. The summed E-state index contributed by atoms with van der Waals surface area (Å²) < 4.78 is 24.5. The fourth-order valence-electron chi connectivity index (χ4n) is 3.15. The third-order valence-electron chi connectivity index (χ3n) is 4.57. The van der Waals surface area contributed by atoms with Crippen LogP contribution in [0.4, 0.5) is 5.69 Å². The van der Waals surface area contributed by atoms with E-state index in [1.807, 2.05) is 0 Å². The van der Waals surface area contributed by atoms with Gasteiger partial charge in [-0.25, -0.2) is 17.7 Å². The summed E-state index contributed by atoms with van der Waals surface area (Å²) in [5.74, 6) is 0.0760. The number of hydrogen-bond acceptors (Lipinski definition) is 5. The first-order valence-corrected chi connectivity index (χ1v) is 10.5. The Morgan fingerprint density at radius 2 is 1.96 bits per heavy atom. The molecule has 1 aliphatic heterocycles. The standard InChI is InChI=1S/C18H22N4O4S/c1-12-10-16(23)21-17(19-12)14-4-3-5-15(11-14)20-18(24)13-6-8-22(9-7-13)27(2,25)26/h3-5,10-11,13H,6-9H2,1-2H3,(H,20,24)(H,19,21,23). The number of carbonyl (C=O) groups excluding carboxylic acids is 1. The Morgan fingerprint density at radius 3 is 2.59 bits per heavy atom. The number of rotatable bonds is 4. The summed E-state index contributed by atoms with van der Waals surface area (Å²) in [5.41, 5.74) is 1.68. The molecule has 1 aromatic heterocycles. The van der Waals surface area contributed by atoms with Crippen molar-refractivity contribution < 1.29 is 13.2 Å². The van der Waals surface area contributed by atoms with Crippen LogP contribution in [-0.2, 0) is 14.8 Å². The van der Waals surface area contributed by atoms with Gasteiger partial charge in [0.2, 0.25) is 15.9 Å². The maximum atomic E-state index is 12.5. The highest BCUT2D eigenvalue weighted by molar-refractivity contribution is 7.88. The molecular weight excluding hydrogens is 368 g/mol. The van der Waals surface area contributed by atoms with Crippen molar-refractivity contribution in [2.24, 2.45) is 5.92 Å². The summed E-state index contributed by atoms with van der Waals surface area (Å²) in [6.07, 6.45) is 2.17. The van der Waals surface area contributed by atoms with Gasteiger partial charge in [-0.3, -0.25) is 9.59 Å². The van der Waals surface area contributed by atoms with Gasteiger partial charge in [0.15, 0.2) is 0 Å². The summed E-state index contributed by atoms with van der Waals surface area (Å²) in [4.78, 5) is 31.2. The number of hydrogen-bond donors (Lipinski definition) is 2. The number of nitrogens with one attached hydrogen (secondary N) is 2. The fraction of sp³-hybridized carbons (Fsp3) is 0.389. The zero-order valence-electron chi connectivity index (χ0n) is 15.2. The van der Waals surface area contributed by atoms with E-state index < -0.39 is 10.0 Å². The number of sulfonamides is 1. The topological polar surface area (TPSA) is 112 Å². The van der Waals surface area contributed by atoms with Gasteiger partial charge >= 0.3 is 0 Å². The summed E-state index contributed by atoms with van der Waals surface area (Å²) in [6, 6.07) is 8.51. The van der Waals surface area contributed by atoms with Crippen molar-refractivity contribution in [1.29, 1.82) is 0 Å². The van der Waals surface area contributed by atoms with Gasteiger partial charge in [0, 0.05) is 42.0 Å². The molecule has 0 unspecified atom stereocenters. The van der Waals surface area contributed by atoms with Gasteiger partial charge in [0.25, 0.3) is 5.56 Å². The number of aryl methyl sites for hydroxylation is 1. The summed E-state index contributed by atoms with van der Waals surface area (Å²) in [7, 11) is -3.21. The van der Waals surface area contributed by atoms with E-state index in [1.165, 1.54) is 16.6 Å². The molecule has 1 fully saturated rings. The molecule has 0 atom stereocenters. The zero-order valence-corrected chi connectivity index (χ0v) is 16.0. The Balaban J connectivity index is 1.70. The predicted molar refractivity (Wildman–Crippen MR) is 103 cm³/mol. The van der Waals surface area contributed by atoms with E-state index in [9.17, 15) is 18.0 Å². The van der Waals surface area contributed by atoms with E-state index >= 15 is 0 Å². The summed E-state index contributed by atoms with van der Waals surface area (Å²) in [6.45, 7) is 2.45. The molecule has 3 rings (SSSR count). The second-order valence-corrected chi connectivity index (χ2v) is 8.72. The molecule has 2 N–H and O–H groups in total. The van der Waals surface area contributed by atoms with Crippen LogP contribution in [0.15, 0.2) is 35.1 Å². The Hall–Kier alpha value is -2.52. The zero-order chi connectivity index (χ0) is 19.6. The minimum Gasteiger partial charge on any atom is -0.326 e. The molecule has 1 amide bonds. The van der Waals surface area contributed by atoms with Gasteiger partial charge in [-0.15, -0.1) is 0 Å². The van der Waals surface area contributed by atoms with Crippen LogP contribution in [0.5, 0.6) is 0 Å². The lowest BCUT2D eigenvalue weighted by atomic mass is 9.97. The van der Waals surface area contributed by atoms with Crippen molar-refractivity contribution in [3.8, 4) is 11.4 Å². The van der Waals surface area contributed by atoms with Crippen LogP contribution < -0.4 is 10.9 Å². The van der Waals surface area contributed by atoms with Crippen LogP contribution >= 0.6 is 0 Å². The lowest BCUT2D eigenvalue weighted by Crippen LogP contribution is -2.40. The van der Waals surface area contributed by atoms with E-state index in [4.69, 9.17) is 0 Å². The second-order valence-electron chi connectivity index (χ2n) is 6.74. The largest absolute Gasteiger partial charge is 0.326 e. The molecule has 2 heterocycles. The average molecular weight is 390 g/mol. The molecule has 0 radical (unpaired) electrons. The van der Waals surface area contributed by atoms with Crippen molar-refractivity contribution >= 4 is 21.6 Å². The van der Waals surface area contributed by atoms with Crippen LogP contribution in [0, 0.1) is 12.8 Å². The van der Waals surface area contributed by atoms with Gasteiger partial charge < -0.3 is 10.3 Å². The van der Waals surface area contributed by atoms with Crippen LogP contribution in [-0.4, -0.2) is 47.9 Å². The number of piperidine rings is 1. The Bertz CT molecular complexity index is 1010. The fourth-order valence-corrected chi connectivity index (χ4v) is 4.03. The third kappa shape index (κ3) is 4.81. The lowest BCUT2D eigenvalue weighted by molar-refractivity contribution is -0.120. The maximum Gasteiger partial charge on any atom is 0.251 e. The number of benzene rings is 1. The third-order valence-corrected chi connectivity index (χ3v) is 5.87. The van der Waals surface area contributed by atoms with Crippen molar-refractivity contribution in [2.45, 2.75) is 19.8 Å². The number of aromatic nitrogens is 2. The monoisotopic (exact) mass is 390 g/mol. The molecule has 2 aromatic rings. The van der Waals surface area contributed by atoms with E-state index in [2.05, 4.69) is 15.3 Å². The molecule has 0 bridgehead atoms. The number of anilines is 1. The SMILES string of the molecule is Cc1cc(=O)[nH]c(-c2cccc(NC(=O)C3CCN(S(C)(=O)=O)CC3)c2)n1. The summed E-state index contributed by atoms with van der Waals surface area (Å²) in [5, 5.41) is 2.88. The first-order valence-electron chi connectivity index (χ1n) is 8.67. The number of amides is 1. The van der Waals surface area contributed by atoms with Gasteiger partial charge in [0.05, 0.1) is 6.26 Å². The van der Waals surface area contributed by atoms with E-state index in [0.717, 1.165) is 0 Å². The maximum absolute atomic E-state index is 12.5. The van der Waals surface area contributed by atoms with Gasteiger partial charge in [-0.05, 0) is 31.9 Å². The van der Waals surface area contributed by atoms with Crippen LogP contribution in [0.1, 0.15) is 18.5 Å². The minimum absolute atomic E-state index is 0.133. The Kier molecular flexibility index (Phi) is 5.43. The quantitative estimate of drug-likeness (QED) is 0.818. The van der Waals surface area contributed by atoms with Crippen molar-refractivity contribution in [3.63, 3.8) is 0 Å². The van der Waals surface area contributed by atoms with E-state index in [1.54, 1.807) is 31.2 Å². The molecule has 27 heavy (non-hydrogen) atoms. The molecule has 0 saturated carbocycles. The molecule has 144 valence electrons. The van der Waals surface area contributed by atoms with Crippen molar-refractivity contribution in [1.82, 2.24) is 14.3 Å². The number of H-pyrrole nitrogens is 1.